The number of hydrogen-bond donors (Lipinski definition) is 1. The average molecular weight is 274 g/mol. The number of aromatic nitrogens is 1. The minimum absolute atomic E-state index is 1.14. The number of nitrogens with zero attached hydrogens (tertiary/aromatic N) is 1. The van der Waals surface area contributed by atoms with E-state index in [0.717, 1.165) is 19.5 Å². The van der Waals surface area contributed by atoms with Crippen LogP contribution in [0.1, 0.15) is 45.2 Å². The van der Waals surface area contributed by atoms with Crippen LogP contribution in [0, 0.1) is 6.92 Å². The zero-order valence-corrected chi connectivity index (χ0v) is 13.8. The number of fused-ring (bicyclic) bond motifs is 1. The summed E-state index contributed by atoms with van der Waals surface area (Å²) >= 11 is 0. The van der Waals surface area contributed by atoms with Gasteiger partial charge in [-0.25, -0.2) is 0 Å². The molecule has 0 bridgehead atoms. The number of benzene rings is 1. The summed E-state index contributed by atoms with van der Waals surface area (Å²) in [5.74, 6) is 0. The molecule has 2 rings (SSSR count). The van der Waals surface area contributed by atoms with E-state index < -0.39 is 0 Å². The Labute approximate surface area is 124 Å². The summed E-state index contributed by atoms with van der Waals surface area (Å²) in [6.45, 7) is 14.2. The SMILES string of the molecule is CC.CCCN(CC)CCc1c[nH]c2c(C)cccc12. The van der Waals surface area contributed by atoms with E-state index in [9.17, 15) is 0 Å². The van der Waals surface area contributed by atoms with Crippen molar-refractivity contribution in [3.63, 3.8) is 0 Å². The molecule has 2 nitrogen and oxygen atoms in total. The van der Waals surface area contributed by atoms with E-state index in [1.165, 1.54) is 35.0 Å². The van der Waals surface area contributed by atoms with Gasteiger partial charge in [-0.05, 0) is 44.0 Å². The summed E-state index contributed by atoms with van der Waals surface area (Å²) in [5.41, 5.74) is 4.08. The first-order valence-corrected chi connectivity index (χ1v) is 8.04. The maximum Gasteiger partial charge on any atom is 0.0486 e. The Hall–Kier alpha value is -1.28. The van der Waals surface area contributed by atoms with Crippen LogP contribution in [-0.4, -0.2) is 29.5 Å². The van der Waals surface area contributed by atoms with Gasteiger partial charge < -0.3 is 9.88 Å². The van der Waals surface area contributed by atoms with Gasteiger partial charge in [0.25, 0.3) is 0 Å². The van der Waals surface area contributed by atoms with Crippen molar-refractivity contribution in [2.75, 3.05) is 19.6 Å². The fraction of sp³-hybridized carbons (Fsp3) is 0.556. The van der Waals surface area contributed by atoms with Crippen LogP contribution in [0.4, 0.5) is 0 Å². The number of nitrogens with one attached hydrogen (secondary N) is 1. The van der Waals surface area contributed by atoms with Crippen LogP contribution in [0.3, 0.4) is 0 Å². The Morgan fingerprint density at radius 3 is 2.50 bits per heavy atom. The van der Waals surface area contributed by atoms with Crippen molar-refractivity contribution >= 4 is 10.9 Å². The highest BCUT2D eigenvalue weighted by Gasteiger charge is 2.07. The molecule has 0 atom stereocenters. The maximum absolute atomic E-state index is 3.41. The highest BCUT2D eigenvalue weighted by Crippen LogP contribution is 2.21. The number of hydrogen-bond acceptors (Lipinski definition) is 1. The van der Waals surface area contributed by atoms with Gasteiger partial charge in [0.1, 0.15) is 0 Å². The van der Waals surface area contributed by atoms with Gasteiger partial charge in [-0.1, -0.05) is 45.9 Å². The second-order valence-electron chi connectivity index (χ2n) is 5.00. The minimum Gasteiger partial charge on any atom is -0.361 e. The zero-order chi connectivity index (χ0) is 15.0. The first-order valence-electron chi connectivity index (χ1n) is 8.04. The Bertz CT molecular complexity index is 499. The summed E-state index contributed by atoms with van der Waals surface area (Å²) in [6, 6.07) is 6.54. The number of likely N-dealkylation sites (N-methyl/N-ethyl adjacent to an activating group) is 1. The van der Waals surface area contributed by atoms with Gasteiger partial charge in [0, 0.05) is 23.6 Å². The van der Waals surface area contributed by atoms with Crippen LogP contribution in [0.15, 0.2) is 24.4 Å². The lowest BCUT2D eigenvalue weighted by atomic mass is 10.1. The largest absolute Gasteiger partial charge is 0.361 e. The Morgan fingerprint density at radius 1 is 1.10 bits per heavy atom. The van der Waals surface area contributed by atoms with Crippen LogP contribution in [0.25, 0.3) is 10.9 Å². The van der Waals surface area contributed by atoms with E-state index >= 15 is 0 Å². The number of para-hydroxylation sites is 1. The van der Waals surface area contributed by atoms with Gasteiger partial charge in [0.2, 0.25) is 0 Å². The molecule has 0 aliphatic rings. The highest BCUT2D eigenvalue weighted by molar-refractivity contribution is 5.85. The minimum atomic E-state index is 1.14. The van der Waals surface area contributed by atoms with Crippen molar-refractivity contribution in [2.45, 2.75) is 47.5 Å². The summed E-state index contributed by atoms with van der Waals surface area (Å²) in [5, 5.41) is 1.39. The van der Waals surface area contributed by atoms with Gasteiger partial charge >= 0.3 is 0 Å². The second kappa shape index (κ2) is 8.80. The quantitative estimate of drug-likeness (QED) is 0.803. The van der Waals surface area contributed by atoms with Crippen molar-refractivity contribution < 1.29 is 0 Å². The highest BCUT2D eigenvalue weighted by atomic mass is 15.1. The third-order valence-electron chi connectivity index (χ3n) is 3.69. The number of rotatable bonds is 6. The third-order valence-corrected chi connectivity index (χ3v) is 3.69. The maximum atomic E-state index is 3.41. The molecule has 0 aliphatic carbocycles. The molecule has 0 unspecified atom stereocenters. The topological polar surface area (TPSA) is 19.0 Å². The van der Waals surface area contributed by atoms with Crippen LogP contribution in [0.5, 0.6) is 0 Å². The molecule has 1 N–H and O–H groups in total. The van der Waals surface area contributed by atoms with E-state index in [1.54, 1.807) is 0 Å². The fourth-order valence-electron chi connectivity index (χ4n) is 2.59. The van der Waals surface area contributed by atoms with Gasteiger partial charge in [-0.15, -0.1) is 0 Å². The predicted octanol–water partition coefficient (Wildman–Crippen LogP) is 4.78. The van der Waals surface area contributed by atoms with Crippen molar-refractivity contribution in [2.24, 2.45) is 0 Å². The normalized spacial score (nSPS) is 10.7. The lowest BCUT2D eigenvalue weighted by Crippen LogP contribution is -2.26. The van der Waals surface area contributed by atoms with E-state index in [0.29, 0.717) is 0 Å². The van der Waals surface area contributed by atoms with Gasteiger partial charge in [-0.3, -0.25) is 0 Å². The number of H-pyrrole nitrogens is 1. The molecule has 0 amide bonds. The molecule has 0 fully saturated rings. The molecule has 0 aliphatic heterocycles. The van der Waals surface area contributed by atoms with E-state index in [1.807, 2.05) is 13.8 Å². The molecule has 2 heteroatoms. The monoisotopic (exact) mass is 274 g/mol. The summed E-state index contributed by atoms with van der Waals surface area (Å²) in [6.07, 6.45) is 4.55. The number of aromatic amines is 1. The summed E-state index contributed by atoms with van der Waals surface area (Å²) in [7, 11) is 0. The number of aryl methyl sites for hydroxylation is 1. The fourth-order valence-corrected chi connectivity index (χ4v) is 2.59. The Kier molecular flexibility index (Phi) is 7.38. The van der Waals surface area contributed by atoms with Crippen molar-refractivity contribution in [3.8, 4) is 0 Å². The van der Waals surface area contributed by atoms with Gasteiger partial charge in [-0.2, -0.15) is 0 Å². The van der Waals surface area contributed by atoms with Crippen molar-refractivity contribution in [1.29, 1.82) is 0 Å². The summed E-state index contributed by atoms with van der Waals surface area (Å²) < 4.78 is 0. The molecule has 1 heterocycles. The smallest absolute Gasteiger partial charge is 0.0486 e. The van der Waals surface area contributed by atoms with Crippen molar-refractivity contribution in [1.82, 2.24) is 9.88 Å². The molecule has 20 heavy (non-hydrogen) atoms. The van der Waals surface area contributed by atoms with E-state index in [-0.39, 0.29) is 0 Å². The molecule has 0 radical (unpaired) electrons. The molecule has 0 saturated heterocycles. The zero-order valence-electron chi connectivity index (χ0n) is 13.8. The van der Waals surface area contributed by atoms with Crippen LogP contribution in [0.2, 0.25) is 0 Å². The van der Waals surface area contributed by atoms with E-state index in [4.69, 9.17) is 0 Å². The molecule has 0 saturated carbocycles. The lowest BCUT2D eigenvalue weighted by Gasteiger charge is -2.18. The van der Waals surface area contributed by atoms with Crippen LogP contribution in [-0.2, 0) is 6.42 Å². The predicted molar refractivity (Wildman–Crippen MR) is 90.5 cm³/mol. The molecular weight excluding hydrogens is 244 g/mol. The molecule has 2 aromatic rings. The molecule has 1 aromatic carbocycles. The first-order chi connectivity index (χ1) is 9.76. The van der Waals surface area contributed by atoms with Gasteiger partial charge in [0.05, 0.1) is 0 Å². The molecule has 112 valence electrons. The van der Waals surface area contributed by atoms with Crippen molar-refractivity contribution in [3.05, 3.63) is 35.5 Å². The Balaban J connectivity index is 0.000000956. The van der Waals surface area contributed by atoms with E-state index in [2.05, 4.69) is 55.1 Å². The summed E-state index contributed by atoms with van der Waals surface area (Å²) in [4.78, 5) is 5.93. The van der Waals surface area contributed by atoms with Gasteiger partial charge in [0.15, 0.2) is 0 Å². The van der Waals surface area contributed by atoms with Crippen LogP contribution < -0.4 is 0 Å². The second-order valence-corrected chi connectivity index (χ2v) is 5.00. The molecule has 1 aromatic heterocycles. The molecular formula is C18H30N2. The first kappa shape index (κ1) is 16.8. The lowest BCUT2D eigenvalue weighted by molar-refractivity contribution is 0.293. The standard InChI is InChI=1S/C16H24N2.C2H6/c1-4-10-18(5-2)11-9-14-12-17-16-13(3)7-6-8-15(14)16;1-2/h6-8,12,17H,4-5,9-11H2,1-3H3;1-2H3. The average Bonchev–Trinajstić information content (AvgIpc) is 2.90. The third kappa shape index (κ3) is 4.11. The van der Waals surface area contributed by atoms with Crippen LogP contribution >= 0.6 is 0 Å². The Morgan fingerprint density at radius 2 is 1.85 bits per heavy atom. The molecule has 0 spiro atoms.